The molecule has 4 atom stereocenters. The van der Waals surface area contributed by atoms with Crippen LogP contribution >= 0.6 is 0 Å². The minimum Gasteiger partial charge on any atom is -0.535 e. The topological polar surface area (TPSA) is 176 Å². The lowest BCUT2D eigenvalue weighted by molar-refractivity contribution is 0.0677. The Kier molecular flexibility index (Phi) is 6.91. The summed E-state index contributed by atoms with van der Waals surface area (Å²) >= 11 is 0. The van der Waals surface area contributed by atoms with Crippen LogP contribution in [0.2, 0.25) is 11.1 Å². The van der Waals surface area contributed by atoms with Gasteiger partial charge >= 0.3 is 26.2 Å². The molecule has 1 aromatic heterocycles. The highest BCUT2D eigenvalue weighted by Crippen LogP contribution is 2.71. The number of carbonyl (C=O) groups is 2. The molecular weight excluding hydrogens is 472 g/mol. The Balaban J connectivity index is 0.000000162. The van der Waals surface area contributed by atoms with E-state index in [1.54, 1.807) is 18.2 Å². The van der Waals surface area contributed by atoms with E-state index in [0.717, 1.165) is 12.0 Å². The summed E-state index contributed by atoms with van der Waals surface area (Å²) in [6.45, 7) is 3.81. The van der Waals surface area contributed by atoms with Crippen molar-refractivity contribution in [1.82, 2.24) is 4.98 Å². The van der Waals surface area contributed by atoms with Gasteiger partial charge in [0.05, 0.1) is 7.11 Å². The van der Waals surface area contributed by atoms with Gasteiger partial charge in [0.15, 0.2) is 5.69 Å². The van der Waals surface area contributed by atoms with E-state index in [0.29, 0.717) is 12.0 Å². The molecule has 190 valence electrons. The standard InChI is InChI=1S/C12H13BO6.C9H8BNO4.C2H6/c1-18-8-3-2-6-7-4-12(7,5-14)13(17)19-10(6)9(8)11(15)16;12-9(13)7-8-4(1-2-11-7)5-3-6(5)10(14)15-8;1-2/h2-3,7,14,17H,4-5H2,1H3,(H,15,16);1-2,5-6,14H,3H2,(H,12,13);1-2H3. The van der Waals surface area contributed by atoms with Gasteiger partial charge in [-0.15, -0.1) is 0 Å². The number of benzene rings is 1. The molecule has 11 nitrogen and oxygen atoms in total. The summed E-state index contributed by atoms with van der Waals surface area (Å²) in [6, 6.07) is 5.07. The summed E-state index contributed by atoms with van der Waals surface area (Å²) in [6.07, 6.45) is 2.92. The number of aliphatic hydroxyl groups excluding tert-OH is 1. The number of rotatable bonds is 4. The molecule has 0 spiro atoms. The van der Waals surface area contributed by atoms with Gasteiger partial charge in [0.1, 0.15) is 22.8 Å². The normalized spacial score (nSPS) is 25.4. The Morgan fingerprint density at radius 3 is 2.44 bits per heavy atom. The number of ether oxygens (including phenoxy) is 1. The van der Waals surface area contributed by atoms with E-state index in [-0.39, 0.29) is 52.8 Å². The third kappa shape index (κ3) is 4.06. The van der Waals surface area contributed by atoms with Crippen molar-refractivity contribution in [1.29, 1.82) is 0 Å². The lowest BCUT2D eigenvalue weighted by atomic mass is 9.64. The Morgan fingerprint density at radius 1 is 1.11 bits per heavy atom. The number of aliphatic hydroxyl groups is 1. The van der Waals surface area contributed by atoms with E-state index in [1.807, 2.05) is 13.8 Å². The fourth-order valence-corrected chi connectivity index (χ4v) is 4.98. The van der Waals surface area contributed by atoms with Crippen molar-refractivity contribution in [2.45, 2.75) is 49.7 Å². The molecule has 0 saturated heterocycles. The Labute approximate surface area is 207 Å². The van der Waals surface area contributed by atoms with Gasteiger partial charge in [-0.25, -0.2) is 14.6 Å². The van der Waals surface area contributed by atoms with Crippen molar-refractivity contribution in [3.63, 3.8) is 0 Å². The Hall–Kier alpha value is -3.28. The molecule has 0 radical (unpaired) electrons. The molecule has 2 saturated carbocycles. The molecule has 36 heavy (non-hydrogen) atoms. The zero-order valence-corrected chi connectivity index (χ0v) is 20.0. The van der Waals surface area contributed by atoms with Crippen LogP contribution in [0.4, 0.5) is 0 Å². The highest BCUT2D eigenvalue weighted by atomic mass is 16.5. The minimum absolute atomic E-state index is 0.0692. The van der Waals surface area contributed by atoms with Crippen molar-refractivity contribution in [3.8, 4) is 17.2 Å². The van der Waals surface area contributed by atoms with E-state index < -0.39 is 31.5 Å². The molecule has 1 aromatic carbocycles. The van der Waals surface area contributed by atoms with Crippen LogP contribution in [0.1, 0.15) is 70.5 Å². The molecular formula is C23H27B2NO10. The second kappa shape index (κ2) is 9.64. The number of fused-ring (bicyclic) bond motifs is 6. The Bertz CT molecular complexity index is 1190. The highest BCUT2D eigenvalue weighted by Gasteiger charge is 2.68. The van der Waals surface area contributed by atoms with Gasteiger partial charge in [-0.2, -0.15) is 0 Å². The van der Waals surface area contributed by atoms with Gasteiger partial charge in [0, 0.05) is 23.9 Å². The first kappa shape index (κ1) is 25.8. The fourth-order valence-electron chi connectivity index (χ4n) is 4.98. The van der Waals surface area contributed by atoms with Crippen molar-refractivity contribution in [2.24, 2.45) is 0 Å². The summed E-state index contributed by atoms with van der Waals surface area (Å²) in [5.41, 5.74) is 1.37. The van der Waals surface area contributed by atoms with E-state index in [9.17, 15) is 29.9 Å². The maximum absolute atomic E-state index is 11.3. The van der Waals surface area contributed by atoms with Crippen LogP contribution in [-0.2, 0) is 0 Å². The lowest BCUT2D eigenvalue weighted by Crippen LogP contribution is -2.36. The van der Waals surface area contributed by atoms with Crippen molar-refractivity contribution in [3.05, 3.63) is 46.8 Å². The number of aromatic carboxylic acids is 2. The summed E-state index contributed by atoms with van der Waals surface area (Å²) in [4.78, 5) is 26.0. The van der Waals surface area contributed by atoms with Gasteiger partial charge in [-0.05, 0) is 47.9 Å². The average Bonchev–Trinajstić information content (AvgIpc) is 3.78. The minimum atomic E-state index is -1.19. The zero-order chi connectivity index (χ0) is 26.4. The van der Waals surface area contributed by atoms with Gasteiger partial charge < -0.3 is 39.4 Å². The first-order valence-electron chi connectivity index (χ1n) is 11.7. The monoisotopic (exact) mass is 499 g/mol. The third-order valence-electron chi connectivity index (χ3n) is 7.07. The molecule has 4 unspecified atom stereocenters. The first-order valence-corrected chi connectivity index (χ1v) is 11.7. The van der Waals surface area contributed by atoms with Crippen molar-refractivity contribution < 1.29 is 49.0 Å². The summed E-state index contributed by atoms with van der Waals surface area (Å²) in [5, 5.41) is 46.4. The number of nitrogens with zero attached hydrogens (tertiary/aromatic N) is 1. The largest absolute Gasteiger partial charge is 0.535 e. The number of methoxy groups -OCH3 is 1. The van der Waals surface area contributed by atoms with Crippen LogP contribution in [-0.4, -0.2) is 70.2 Å². The van der Waals surface area contributed by atoms with E-state index in [4.69, 9.17) is 19.2 Å². The number of hydrogen-bond donors (Lipinski definition) is 5. The van der Waals surface area contributed by atoms with Crippen LogP contribution in [0.25, 0.3) is 0 Å². The quantitative estimate of drug-likeness (QED) is 0.389. The average molecular weight is 499 g/mol. The van der Waals surface area contributed by atoms with Crippen molar-refractivity contribution >= 4 is 26.2 Å². The fraction of sp³-hybridized carbons (Fsp3) is 0.435. The SMILES string of the molecule is CC.COc1ccc2c(c1C(=O)O)OB(O)C1(CO)CC21.O=C(O)c1nccc2c1OB(O)C1CC21. The highest BCUT2D eigenvalue weighted by molar-refractivity contribution is 6.51. The molecule has 2 aliphatic heterocycles. The summed E-state index contributed by atoms with van der Waals surface area (Å²) in [7, 11) is -0.701. The second-order valence-electron chi connectivity index (χ2n) is 8.88. The number of aromatic nitrogens is 1. The van der Waals surface area contributed by atoms with Crippen LogP contribution in [0.3, 0.4) is 0 Å². The molecule has 2 aliphatic carbocycles. The molecule has 6 rings (SSSR count). The predicted octanol–water partition coefficient (Wildman–Crippen LogP) is 2.02. The lowest BCUT2D eigenvalue weighted by Gasteiger charge is -2.27. The molecule has 2 fully saturated rings. The smallest absolute Gasteiger partial charge is 0.532 e. The molecule has 2 aromatic rings. The van der Waals surface area contributed by atoms with Gasteiger partial charge in [-0.1, -0.05) is 19.9 Å². The van der Waals surface area contributed by atoms with Gasteiger partial charge in [0.25, 0.3) is 0 Å². The number of hydrogen-bond acceptors (Lipinski definition) is 9. The summed E-state index contributed by atoms with van der Waals surface area (Å²) in [5.74, 6) is -1.43. The molecule has 0 amide bonds. The first-order chi connectivity index (χ1) is 17.2. The molecule has 5 N–H and O–H groups in total. The molecule has 13 heteroatoms. The van der Waals surface area contributed by atoms with Gasteiger partial charge in [-0.3, -0.25) is 0 Å². The third-order valence-corrected chi connectivity index (χ3v) is 7.07. The van der Waals surface area contributed by atoms with E-state index in [1.165, 1.54) is 13.3 Å². The number of carboxylic acids is 2. The van der Waals surface area contributed by atoms with Crippen LogP contribution < -0.4 is 14.0 Å². The van der Waals surface area contributed by atoms with Crippen LogP contribution in [0, 0.1) is 0 Å². The number of carboxylic acid groups (broad SMARTS) is 2. The Morgan fingerprint density at radius 2 is 1.83 bits per heavy atom. The van der Waals surface area contributed by atoms with E-state index in [2.05, 4.69) is 4.98 Å². The van der Waals surface area contributed by atoms with E-state index >= 15 is 0 Å². The predicted molar refractivity (Wildman–Crippen MR) is 128 cm³/mol. The van der Waals surface area contributed by atoms with Crippen LogP contribution in [0.5, 0.6) is 17.2 Å². The maximum atomic E-state index is 11.3. The molecule has 0 bridgehead atoms. The number of pyridine rings is 1. The maximum Gasteiger partial charge on any atom is 0.532 e. The van der Waals surface area contributed by atoms with Gasteiger partial charge in [0.2, 0.25) is 0 Å². The summed E-state index contributed by atoms with van der Waals surface area (Å²) < 4.78 is 15.6. The zero-order valence-electron chi connectivity index (χ0n) is 20.0. The van der Waals surface area contributed by atoms with Crippen molar-refractivity contribution in [2.75, 3.05) is 13.7 Å². The second-order valence-corrected chi connectivity index (χ2v) is 8.88. The van der Waals surface area contributed by atoms with Crippen LogP contribution in [0.15, 0.2) is 24.4 Å². The molecule has 3 heterocycles. The molecule has 4 aliphatic rings.